The van der Waals surface area contributed by atoms with E-state index in [1.165, 1.54) is 13.2 Å². The Kier molecular flexibility index (Phi) is 4.28. The molecule has 0 saturated carbocycles. The number of aromatic carboxylic acids is 1. The van der Waals surface area contributed by atoms with Gasteiger partial charge in [-0.05, 0) is 12.1 Å². The molecule has 0 atom stereocenters. The molecule has 0 fully saturated rings. The molecule has 0 aliphatic carbocycles. The SMILES string of the molecule is COCCN(C)c1cc(C(=O)O)c(N)cc1F. The van der Waals surface area contributed by atoms with Crippen LogP contribution in [-0.4, -0.2) is 38.4 Å². The molecular weight excluding hydrogens is 227 g/mol. The lowest BCUT2D eigenvalue weighted by Crippen LogP contribution is -2.23. The molecule has 1 rings (SSSR count). The first-order valence-corrected chi connectivity index (χ1v) is 4.99. The Labute approximate surface area is 98.6 Å². The maximum Gasteiger partial charge on any atom is 0.337 e. The minimum absolute atomic E-state index is 0.0844. The molecule has 6 heteroatoms. The molecule has 0 spiro atoms. The lowest BCUT2D eigenvalue weighted by molar-refractivity contribution is 0.0698. The first kappa shape index (κ1) is 13.2. The number of carbonyl (C=O) groups is 1. The van der Waals surface area contributed by atoms with Crippen LogP contribution < -0.4 is 10.6 Å². The van der Waals surface area contributed by atoms with Gasteiger partial charge in [0.05, 0.1) is 17.9 Å². The zero-order valence-corrected chi connectivity index (χ0v) is 9.74. The van der Waals surface area contributed by atoms with Crippen molar-refractivity contribution in [1.82, 2.24) is 0 Å². The molecule has 0 aliphatic heterocycles. The first-order valence-electron chi connectivity index (χ1n) is 4.99. The van der Waals surface area contributed by atoms with E-state index in [2.05, 4.69) is 0 Å². The molecular formula is C11H15FN2O3. The van der Waals surface area contributed by atoms with Crippen LogP contribution >= 0.6 is 0 Å². The van der Waals surface area contributed by atoms with Gasteiger partial charge in [-0.3, -0.25) is 0 Å². The second-order valence-electron chi connectivity index (χ2n) is 3.61. The monoisotopic (exact) mass is 242 g/mol. The Morgan fingerprint density at radius 1 is 1.59 bits per heavy atom. The van der Waals surface area contributed by atoms with Gasteiger partial charge in [-0.1, -0.05) is 0 Å². The summed E-state index contributed by atoms with van der Waals surface area (Å²) < 4.78 is 18.5. The maximum atomic E-state index is 13.6. The Bertz CT molecular complexity index is 423. The Morgan fingerprint density at radius 2 is 2.24 bits per heavy atom. The van der Waals surface area contributed by atoms with E-state index in [0.29, 0.717) is 13.2 Å². The number of anilines is 2. The molecule has 0 heterocycles. The molecule has 0 bridgehead atoms. The normalized spacial score (nSPS) is 10.3. The van der Waals surface area contributed by atoms with E-state index in [4.69, 9.17) is 15.6 Å². The van der Waals surface area contributed by atoms with Gasteiger partial charge in [-0.2, -0.15) is 0 Å². The Hall–Kier alpha value is -1.82. The van der Waals surface area contributed by atoms with Crippen molar-refractivity contribution in [2.75, 3.05) is 37.9 Å². The minimum Gasteiger partial charge on any atom is -0.478 e. The summed E-state index contributed by atoms with van der Waals surface area (Å²) in [5, 5.41) is 8.89. The zero-order valence-electron chi connectivity index (χ0n) is 9.74. The fourth-order valence-electron chi connectivity index (χ4n) is 1.40. The molecule has 3 N–H and O–H groups in total. The molecule has 0 saturated heterocycles. The number of nitrogens with two attached hydrogens (primary N) is 1. The molecule has 0 amide bonds. The van der Waals surface area contributed by atoms with E-state index in [9.17, 15) is 9.18 Å². The first-order chi connectivity index (χ1) is 7.97. The molecule has 1 aromatic rings. The number of halogens is 1. The van der Waals surface area contributed by atoms with Crippen LogP contribution in [0.5, 0.6) is 0 Å². The van der Waals surface area contributed by atoms with Crippen molar-refractivity contribution < 1.29 is 19.0 Å². The number of nitrogen functional groups attached to an aromatic ring is 1. The van der Waals surface area contributed by atoms with E-state index in [0.717, 1.165) is 6.07 Å². The Balaban J connectivity index is 3.06. The number of nitrogens with zero attached hydrogens (tertiary/aromatic N) is 1. The lowest BCUT2D eigenvalue weighted by Gasteiger charge is -2.20. The molecule has 0 aromatic heterocycles. The number of carboxylic acid groups (broad SMARTS) is 1. The maximum absolute atomic E-state index is 13.6. The largest absolute Gasteiger partial charge is 0.478 e. The van der Waals surface area contributed by atoms with Crippen LogP contribution in [0.3, 0.4) is 0 Å². The number of likely N-dealkylation sites (N-methyl/N-ethyl adjacent to an activating group) is 1. The van der Waals surface area contributed by atoms with Gasteiger partial charge in [-0.15, -0.1) is 0 Å². The Morgan fingerprint density at radius 3 is 2.76 bits per heavy atom. The second-order valence-corrected chi connectivity index (χ2v) is 3.61. The van der Waals surface area contributed by atoms with Gasteiger partial charge >= 0.3 is 5.97 Å². The summed E-state index contributed by atoms with van der Waals surface area (Å²) in [6, 6.07) is 2.24. The van der Waals surface area contributed by atoms with Crippen molar-refractivity contribution >= 4 is 17.3 Å². The highest BCUT2D eigenvalue weighted by Gasteiger charge is 2.15. The summed E-state index contributed by atoms with van der Waals surface area (Å²) in [4.78, 5) is 12.5. The average Bonchev–Trinajstić information content (AvgIpc) is 2.25. The third-order valence-corrected chi connectivity index (χ3v) is 2.39. The third-order valence-electron chi connectivity index (χ3n) is 2.39. The minimum atomic E-state index is -1.18. The van der Waals surface area contributed by atoms with E-state index in [1.807, 2.05) is 0 Å². The van der Waals surface area contributed by atoms with E-state index in [1.54, 1.807) is 11.9 Å². The number of carboxylic acids is 1. The van der Waals surface area contributed by atoms with Crippen LogP contribution in [0.15, 0.2) is 12.1 Å². The number of hydrogen-bond acceptors (Lipinski definition) is 4. The smallest absolute Gasteiger partial charge is 0.337 e. The van der Waals surface area contributed by atoms with Gasteiger partial charge in [0.25, 0.3) is 0 Å². The zero-order chi connectivity index (χ0) is 13.0. The summed E-state index contributed by atoms with van der Waals surface area (Å²) in [6.45, 7) is 0.874. The van der Waals surface area contributed by atoms with Crippen LogP contribution in [-0.2, 0) is 4.74 Å². The predicted molar refractivity (Wildman–Crippen MR) is 62.9 cm³/mol. The van der Waals surface area contributed by atoms with Crippen molar-refractivity contribution in [2.24, 2.45) is 0 Å². The molecule has 1 aromatic carbocycles. The summed E-state index contributed by atoms with van der Waals surface area (Å²) in [7, 11) is 3.19. The predicted octanol–water partition coefficient (Wildman–Crippen LogP) is 1.19. The van der Waals surface area contributed by atoms with Gasteiger partial charge in [0.15, 0.2) is 0 Å². The fraction of sp³-hybridized carbons (Fsp3) is 0.364. The molecule has 94 valence electrons. The van der Waals surface area contributed by atoms with Crippen LogP contribution in [0, 0.1) is 5.82 Å². The number of methoxy groups -OCH3 is 1. The average molecular weight is 242 g/mol. The quantitative estimate of drug-likeness (QED) is 0.758. The van der Waals surface area contributed by atoms with E-state index < -0.39 is 11.8 Å². The van der Waals surface area contributed by atoms with Gasteiger partial charge in [-0.25, -0.2) is 9.18 Å². The number of rotatable bonds is 5. The molecule has 0 radical (unpaired) electrons. The summed E-state index contributed by atoms with van der Waals surface area (Å²) >= 11 is 0. The topological polar surface area (TPSA) is 75.8 Å². The fourth-order valence-corrected chi connectivity index (χ4v) is 1.40. The highest BCUT2D eigenvalue weighted by molar-refractivity contribution is 5.94. The lowest BCUT2D eigenvalue weighted by atomic mass is 10.1. The van der Waals surface area contributed by atoms with Crippen LogP contribution in [0.1, 0.15) is 10.4 Å². The molecule has 0 aliphatic rings. The van der Waals surface area contributed by atoms with Crippen molar-refractivity contribution in [3.05, 3.63) is 23.5 Å². The summed E-state index contributed by atoms with van der Waals surface area (Å²) in [5.41, 5.74) is 5.43. The summed E-state index contributed by atoms with van der Waals surface area (Å²) in [6.07, 6.45) is 0. The number of benzene rings is 1. The highest BCUT2D eigenvalue weighted by Crippen LogP contribution is 2.24. The highest BCUT2D eigenvalue weighted by atomic mass is 19.1. The van der Waals surface area contributed by atoms with Crippen molar-refractivity contribution in [1.29, 1.82) is 0 Å². The van der Waals surface area contributed by atoms with Crippen LogP contribution in [0.4, 0.5) is 15.8 Å². The third kappa shape index (κ3) is 3.07. The molecule has 5 nitrogen and oxygen atoms in total. The second kappa shape index (κ2) is 5.49. The number of ether oxygens (including phenoxy) is 1. The molecule has 0 unspecified atom stereocenters. The van der Waals surface area contributed by atoms with Crippen molar-refractivity contribution in [3.8, 4) is 0 Å². The van der Waals surface area contributed by atoms with E-state index >= 15 is 0 Å². The van der Waals surface area contributed by atoms with Gasteiger partial charge in [0, 0.05) is 26.4 Å². The number of hydrogen-bond donors (Lipinski definition) is 2. The van der Waals surface area contributed by atoms with Gasteiger partial charge < -0.3 is 20.5 Å². The summed E-state index contributed by atoms with van der Waals surface area (Å²) in [5.74, 6) is -1.73. The van der Waals surface area contributed by atoms with Crippen molar-refractivity contribution in [3.63, 3.8) is 0 Å². The van der Waals surface area contributed by atoms with Crippen LogP contribution in [0.25, 0.3) is 0 Å². The van der Waals surface area contributed by atoms with Crippen LogP contribution in [0.2, 0.25) is 0 Å². The van der Waals surface area contributed by atoms with Gasteiger partial charge in [0.2, 0.25) is 0 Å². The van der Waals surface area contributed by atoms with Gasteiger partial charge in [0.1, 0.15) is 5.82 Å². The van der Waals surface area contributed by atoms with E-state index in [-0.39, 0.29) is 16.9 Å². The molecule has 17 heavy (non-hydrogen) atoms. The van der Waals surface area contributed by atoms with Crippen molar-refractivity contribution in [2.45, 2.75) is 0 Å². The standard InChI is InChI=1S/C11H15FN2O3/c1-14(3-4-17-2)10-5-7(11(15)16)9(13)6-8(10)12/h5-6H,3-4,13H2,1-2H3,(H,15,16).